The van der Waals surface area contributed by atoms with Gasteiger partial charge in [-0.05, 0) is 60.8 Å². The van der Waals surface area contributed by atoms with Gasteiger partial charge in [0.2, 0.25) is 0 Å². The maximum absolute atomic E-state index is 12.3. The lowest BCUT2D eigenvalue weighted by molar-refractivity contribution is 0.0488. The molecule has 1 amide bonds. The van der Waals surface area contributed by atoms with Gasteiger partial charge in [0.15, 0.2) is 0 Å². The summed E-state index contributed by atoms with van der Waals surface area (Å²) < 4.78 is 12.1. The molecule has 0 radical (unpaired) electrons. The fourth-order valence-electron chi connectivity index (χ4n) is 2.86. The van der Waals surface area contributed by atoms with Gasteiger partial charge in [-0.1, -0.05) is 18.2 Å². The predicted molar refractivity (Wildman–Crippen MR) is 113 cm³/mol. The van der Waals surface area contributed by atoms with Crippen molar-refractivity contribution in [2.24, 2.45) is 0 Å². The van der Waals surface area contributed by atoms with Crippen molar-refractivity contribution in [2.75, 3.05) is 6.61 Å². The minimum atomic E-state index is -0.565. The van der Waals surface area contributed by atoms with Crippen LogP contribution in [0.2, 0.25) is 0 Å². The molecule has 0 aliphatic heterocycles. The van der Waals surface area contributed by atoms with E-state index in [-0.39, 0.29) is 12.6 Å². The second kappa shape index (κ2) is 8.65. The average Bonchev–Trinajstić information content (AvgIpc) is 3.01. The number of carbonyl (C=O) groups excluding carboxylic acids is 1. The van der Waals surface area contributed by atoms with Crippen molar-refractivity contribution in [3.63, 3.8) is 0 Å². The largest absolute Gasteiger partial charge is 0.490 e. The second-order valence-electron chi connectivity index (χ2n) is 7.56. The average molecular weight is 446 g/mol. The van der Waals surface area contributed by atoms with Crippen LogP contribution in [-0.2, 0) is 11.2 Å². The lowest BCUT2D eigenvalue weighted by Crippen LogP contribution is -2.43. The summed E-state index contributed by atoms with van der Waals surface area (Å²) in [5.74, 6) is 0.629. The number of hydrogen-bond donors (Lipinski definition) is 2. The maximum Gasteiger partial charge on any atom is 0.408 e. The molecule has 0 aliphatic carbocycles. The van der Waals surface area contributed by atoms with Gasteiger partial charge >= 0.3 is 6.09 Å². The third-order valence-corrected chi connectivity index (χ3v) is 4.43. The van der Waals surface area contributed by atoms with E-state index in [1.807, 2.05) is 51.2 Å². The molecule has 28 heavy (non-hydrogen) atoms. The highest BCUT2D eigenvalue weighted by Crippen LogP contribution is 2.20. The van der Waals surface area contributed by atoms with Gasteiger partial charge in [0.1, 0.15) is 18.0 Å². The zero-order valence-electron chi connectivity index (χ0n) is 16.2. The minimum absolute atomic E-state index is 0.270. The summed E-state index contributed by atoms with van der Waals surface area (Å²) >= 11 is 3.38. The number of carbonyl (C=O) groups is 1. The van der Waals surface area contributed by atoms with Crippen molar-refractivity contribution in [1.29, 1.82) is 0 Å². The number of para-hydroxylation sites is 1. The van der Waals surface area contributed by atoms with Crippen molar-refractivity contribution >= 4 is 32.9 Å². The highest BCUT2D eigenvalue weighted by atomic mass is 79.9. The van der Waals surface area contributed by atoms with E-state index in [1.54, 1.807) is 12.4 Å². The highest BCUT2D eigenvalue weighted by Gasteiger charge is 2.21. The molecule has 1 atom stereocenters. The summed E-state index contributed by atoms with van der Waals surface area (Å²) in [6.45, 7) is 5.80. The maximum atomic E-state index is 12.3. The molecule has 2 heterocycles. The number of pyridine rings is 1. The summed E-state index contributed by atoms with van der Waals surface area (Å²) in [5, 5.41) is 4.06. The Labute approximate surface area is 172 Å². The van der Waals surface area contributed by atoms with Crippen LogP contribution >= 0.6 is 15.9 Å². The number of hydrogen-bond acceptors (Lipinski definition) is 4. The number of H-pyrrole nitrogens is 1. The third kappa shape index (κ3) is 5.73. The zero-order chi connectivity index (χ0) is 20.1. The van der Waals surface area contributed by atoms with Gasteiger partial charge < -0.3 is 19.8 Å². The molecule has 0 bridgehead atoms. The molecule has 3 rings (SSSR count). The standard InChI is InChI=1S/C21H24BrN3O3/c1-21(2,3)28-20(26)25-16(13-27-17-9-15(22)11-23-12-17)8-14-10-24-19-7-5-4-6-18(14)19/h4-7,9-12,16,24H,8,13H2,1-3H3,(H,25,26)/t16-/m0/s1. The number of nitrogens with zero attached hydrogens (tertiary/aromatic N) is 1. The van der Waals surface area contributed by atoms with Crippen LogP contribution in [0.4, 0.5) is 4.79 Å². The number of rotatable bonds is 6. The number of halogens is 1. The molecule has 0 unspecified atom stereocenters. The summed E-state index contributed by atoms with van der Waals surface area (Å²) in [7, 11) is 0. The molecule has 0 saturated carbocycles. The van der Waals surface area contributed by atoms with Crippen molar-refractivity contribution in [2.45, 2.75) is 38.8 Å². The fraction of sp³-hybridized carbons (Fsp3) is 0.333. The van der Waals surface area contributed by atoms with Crippen LogP contribution in [0.5, 0.6) is 5.75 Å². The lowest BCUT2D eigenvalue weighted by Gasteiger charge is -2.24. The van der Waals surface area contributed by atoms with Gasteiger partial charge in [0, 0.05) is 27.8 Å². The minimum Gasteiger partial charge on any atom is -0.490 e. The molecule has 2 aromatic heterocycles. The summed E-state index contributed by atoms with van der Waals surface area (Å²) in [4.78, 5) is 19.7. The normalized spacial score (nSPS) is 12.6. The number of fused-ring (bicyclic) bond motifs is 1. The van der Waals surface area contributed by atoms with Crippen LogP contribution in [0.25, 0.3) is 10.9 Å². The van der Waals surface area contributed by atoms with Gasteiger partial charge in [-0.3, -0.25) is 4.98 Å². The number of aromatic amines is 1. The van der Waals surface area contributed by atoms with Crippen LogP contribution in [0.3, 0.4) is 0 Å². The number of benzene rings is 1. The van der Waals surface area contributed by atoms with E-state index >= 15 is 0 Å². The molecule has 148 valence electrons. The molecule has 3 aromatic rings. The smallest absolute Gasteiger partial charge is 0.408 e. The lowest BCUT2D eigenvalue weighted by atomic mass is 10.1. The fourth-order valence-corrected chi connectivity index (χ4v) is 3.20. The van der Waals surface area contributed by atoms with Crippen LogP contribution in [0.1, 0.15) is 26.3 Å². The van der Waals surface area contributed by atoms with Crippen molar-refractivity contribution in [3.05, 3.63) is 59.0 Å². The molecule has 6 nitrogen and oxygen atoms in total. The van der Waals surface area contributed by atoms with Crippen LogP contribution in [0, 0.1) is 0 Å². The molecule has 1 aromatic carbocycles. The van der Waals surface area contributed by atoms with Gasteiger partial charge in [-0.15, -0.1) is 0 Å². The Morgan fingerprint density at radius 3 is 2.82 bits per heavy atom. The van der Waals surface area contributed by atoms with E-state index in [0.29, 0.717) is 12.2 Å². The zero-order valence-corrected chi connectivity index (χ0v) is 17.7. The molecule has 0 spiro atoms. The Hall–Kier alpha value is -2.54. The Kier molecular flexibility index (Phi) is 6.24. The Balaban J connectivity index is 1.74. The molecule has 0 fully saturated rings. The topological polar surface area (TPSA) is 76.2 Å². The predicted octanol–water partition coefficient (Wildman–Crippen LogP) is 4.84. The van der Waals surface area contributed by atoms with E-state index in [2.05, 4.69) is 37.3 Å². The summed E-state index contributed by atoms with van der Waals surface area (Å²) in [6.07, 6.45) is 5.43. The highest BCUT2D eigenvalue weighted by molar-refractivity contribution is 9.10. The quantitative estimate of drug-likeness (QED) is 0.568. The van der Waals surface area contributed by atoms with Crippen molar-refractivity contribution in [1.82, 2.24) is 15.3 Å². The van der Waals surface area contributed by atoms with Crippen molar-refractivity contribution in [3.8, 4) is 5.75 Å². The Morgan fingerprint density at radius 2 is 2.07 bits per heavy atom. The van der Waals surface area contributed by atoms with Gasteiger partial charge in [-0.2, -0.15) is 0 Å². The van der Waals surface area contributed by atoms with Gasteiger partial charge in [0.05, 0.1) is 12.2 Å². The van der Waals surface area contributed by atoms with E-state index in [0.717, 1.165) is 20.9 Å². The molecule has 2 N–H and O–H groups in total. The first kappa shape index (κ1) is 20.2. The second-order valence-corrected chi connectivity index (χ2v) is 8.47. The number of alkyl carbamates (subject to hydrolysis) is 1. The van der Waals surface area contributed by atoms with Gasteiger partial charge in [-0.25, -0.2) is 4.79 Å². The number of amides is 1. The Morgan fingerprint density at radius 1 is 1.29 bits per heavy atom. The first-order valence-electron chi connectivity index (χ1n) is 9.08. The van der Waals surface area contributed by atoms with E-state index < -0.39 is 11.7 Å². The number of aromatic nitrogens is 2. The molecular formula is C21H24BrN3O3. The molecule has 0 aliphatic rings. The van der Waals surface area contributed by atoms with Crippen LogP contribution < -0.4 is 10.1 Å². The van der Waals surface area contributed by atoms with E-state index in [1.165, 1.54) is 0 Å². The first-order chi connectivity index (χ1) is 13.3. The first-order valence-corrected chi connectivity index (χ1v) is 9.87. The summed E-state index contributed by atoms with van der Waals surface area (Å²) in [6, 6.07) is 9.64. The Bertz CT molecular complexity index is 949. The molecule has 7 heteroatoms. The van der Waals surface area contributed by atoms with Crippen LogP contribution in [-0.4, -0.2) is 34.3 Å². The monoisotopic (exact) mass is 445 g/mol. The number of ether oxygens (including phenoxy) is 2. The van der Waals surface area contributed by atoms with E-state index in [4.69, 9.17) is 9.47 Å². The summed E-state index contributed by atoms with van der Waals surface area (Å²) in [5.41, 5.74) is 1.60. The number of nitrogens with one attached hydrogen (secondary N) is 2. The van der Waals surface area contributed by atoms with E-state index in [9.17, 15) is 4.79 Å². The SMILES string of the molecule is CC(C)(C)OC(=O)N[C@H](COc1cncc(Br)c1)Cc1c[nH]c2ccccc12. The molecule has 0 saturated heterocycles. The third-order valence-electron chi connectivity index (χ3n) is 3.99. The van der Waals surface area contributed by atoms with Gasteiger partial charge in [0.25, 0.3) is 0 Å². The molecular weight excluding hydrogens is 422 g/mol. The van der Waals surface area contributed by atoms with Crippen LogP contribution in [0.15, 0.2) is 53.4 Å². The van der Waals surface area contributed by atoms with Crippen molar-refractivity contribution < 1.29 is 14.3 Å².